The van der Waals surface area contributed by atoms with Crippen LogP contribution in [0.5, 0.6) is 11.5 Å². The summed E-state index contributed by atoms with van der Waals surface area (Å²) in [5, 5.41) is 0. The molecular formula is C8H4Cl6O6S2. The van der Waals surface area contributed by atoms with Gasteiger partial charge in [-0.15, -0.1) is 0 Å². The van der Waals surface area contributed by atoms with Crippen molar-refractivity contribution in [1.29, 1.82) is 0 Å². The summed E-state index contributed by atoms with van der Waals surface area (Å²) in [6.07, 6.45) is 0. The van der Waals surface area contributed by atoms with Crippen LogP contribution in [0.1, 0.15) is 0 Å². The molecule has 1 aromatic rings. The number of halogens is 6. The Balaban J connectivity index is 3.08. The minimum Gasteiger partial charge on any atom is -0.379 e. The molecule has 0 aliphatic rings. The van der Waals surface area contributed by atoms with E-state index in [0.29, 0.717) is 0 Å². The van der Waals surface area contributed by atoms with Crippen LogP contribution in [0.2, 0.25) is 0 Å². The first-order valence-corrected chi connectivity index (χ1v) is 9.86. The number of hydrogen-bond acceptors (Lipinski definition) is 6. The highest BCUT2D eigenvalue weighted by Gasteiger charge is 2.41. The quantitative estimate of drug-likeness (QED) is 0.490. The minimum absolute atomic E-state index is 0.386. The van der Waals surface area contributed by atoms with E-state index >= 15 is 0 Å². The molecule has 0 saturated heterocycles. The van der Waals surface area contributed by atoms with E-state index < -0.39 is 26.5 Å². The van der Waals surface area contributed by atoms with Gasteiger partial charge in [0, 0.05) is 6.07 Å². The smallest absolute Gasteiger partial charge is 0.358 e. The van der Waals surface area contributed by atoms with Crippen LogP contribution in [0, 0.1) is 0 Å². The Bertz CT molecular complexity index is 687. The van der Waals surface area contributed by atoms with Crippen LogP contribution in [0.3, 0.4) is 0 Å². The molecule has 6 nitrogen and oxygen atoms in total. The zero-order chi connectivity index (χ0) is 17.4. The molecular weight excluding hydrogens is 469 g/mol. The van der Waals surface area contributed by atoms with Gasteiger partial charge < -0.3 is 8.37 Å². The molecule has 0 aromatic heterocycles. The highest BCUT2D eigenvalue weighted by Crippen LogP contribution is 2.37. The molecule has 22 heavy (non-hydrogen) atoms. The van der Waals surface area contributed by atoms with Crippen LogP contribution >= 0.6 is 69.6 Å². The summed E-state index contributed by atoms with van der Waals surface area (Å²) in [4.78, 5) is 0. The molecule has 0 atom stereocenters. The van der Waals surface area contributed by atoms with Crippen molar-refractivity contribution >= 4 is 89.8 Å². The molecule has 0 N–H and O–H groups in total. The molecule has 0 aliphatic carbocycles. The highest BCUT2D eigenvalue weighted by atomic mass is 35.6. The molecule has 126 valence electrons. The van der Waals surface area contributed by atoms with Crippen LogP contribution in [0.15, 0.2) is 24.3 Å². The molecule has 0 saturated carbocycles. The zero-order valence-electron chi connectivity index (χ0n) is 9.84. The lowest BCUT2D eigenvalue weighted by Crippen LogP contribution is -2.25. The summed E-state index contributed by atoms with van der Waals surface area (Å²) in [6.45, 7) is 0. The van der Waals surface area contributed by atoms with Crippen molar-refractivity contribution in [2.24, 2.45) is 0 Å². The van der Waals surface area contributed by atoms with E-state index in [1.165, 1.54) is 6.07 Å². The standard InChI is InChI=1S/C8H4Cl6O6S2/c9-7(10,11)21(15,16)19-5-2-1-3-6(4-5)20-22(17,18)8(12,13)14/h1-4H. The molecule has 0 unspecified atom stereocenters. The minimum atomic E-state index is -4.63. The van der Waals surface area contributed by atoms with Gasteiger partial charge in [0.1, 0.15) is 11.5 Å². The van der Waals surface area contributed by atoms with E-state index in [1.54, 1.807) is 0 Å². The third-order valence-electron chi connectivity index (χ3n) is 1.78. The fourth-order valence-electron chi connectivity index (χ4n) is 0.926. The third kappa shape index (κ3) is 5.24. The van der Waals surface area contributed by atoms with Crippen LogP contribution < -0.4 is 8.37 Å². The predicted molar refractivity (Wildman–Crippen MR) is 86.1 cm³/mol. The first-order chi connectivity index (χ1) is 9.66. The molecule has 0 fully saturated rings. The maximum absolute atomic E-state index is 11.5. The van der Waals surface area contributed by atoms with E-state index in [1.807, 2.05) is 0 Å². The molecule has 0 aliphatic heterocycles. The number of rotatable bonds is 4. The lowest BCUT2D eigenvalue weighted by atomic mass is 10.3. The van der Waals surface area contributed by atoms with Crippen LogP contribution in [-0.2, 0) is 20.2 Å². The van der Waals surface area contributed by atoms with Crippen molar-refractivity contribution in [3.8, 4) is 11.5 Å². The molecule has 0 bridgehead atoms. The van der Waals surface area contributed by atoms with Gasteiger partial charge in [-0.25, -0.2) is 0 Å². The molecule has 0 spiro atoms. The molecule has 1 aromatic carbocycles. The van der Waals surface area contributed by atoms with E-state index in [9.17, 15) is 16.8 Å². The van der Waals surface area contributed by atoms with Crippen molar-refractivity contribution in [3.63, 3.8) is 0 Å². The second kappa shape index (κ2) is 6.76. The average molecular weight is 473 g/mol. The first-order valence-electron chi connectivity index (χ1n) is 4.77. The SMILES string of the molecule is O=S(=O)(Oc1cccc(OS(=O)(=O)C(Cl)(Cl)Cl)c1)C(Cl)(Cl)Cl. The Hall–Kier alpha value is 0.460. The number of benzene rings is 1. The molecule has 0 radical (unpaired) electrons. The fraction of sp³-hybridized carbons (Fsp3) is 0.250. The fourth-order valence-corrected chi connectivity index (χ4v) is 2.40. The van der Waals surface area contributed by atoms with Gasteiger partial charge in [0.2, 0.25) is 0 Å². The van der Waals surface area contributed by atoms with Crippen molar-refractivity contribution in [3.05, 3.63) is 24.3 Å². The maximum atomic E-state index is 11.5. The van der Waals surface area contributed by atoms with E-state index in [4.69, 9.17) is 69.6 Å². The van der Waals surface area contributed by atoms with Crippen molar-refractivity contribution in [2.45, 2.75) is 6.25 Å². The van der Waals surface area contributed by atoms with Gasteiger partial charge >= 0.3 is 26.5 Å². The summed E-state index contributed by atoms with van der Waals surface area (Å²) < 4.78 is 49.7. The van der Waals surface area contributed by atoms with Crippen molar-refractivity contribution in [2.75, 3.05) is 0 Å². The summed E-state index contributed by atoms with van der Waals surface area (Å²) in [5.74, 6) is -0.772. The van der Waals surface area contributed by atoms with Gasteiger partial charge in [-0.2, -0.15) is 16.8 Å². The second-order valence-corrected chi connectivity index (χ2v) is 12.7. The Kier molecular flexibility index (Phi) is 6.30. The van der Waals surface area contributed by atoms with Crippen LogP contribution in [0.25, 0.3) is 0 Å². The van der Waals surface area contributed by atoms with Crippen molar-refractivity contribution < 1.29 is 25.2 Å². The summed E-state index contributed by atoms with van der Waals surface area (Å²) in [6, 6.07) is 4.36. The van der Waals surface area contributed by atoms with Gasteiger partial charge in [-0.1, -0.05) is 75.7 Å². The zero-order valence-corrected chi connectivity index (χ0v) is 16.0. The Morgan fingerprint density at radius 2 is 1.05 bits per heavy atom. The number of hydrogen-bond donors (Lipinski definition) is 0. The van der Waals surface area contributed by atoms with Gasteiger partial charge in [-0.3, -0.25) is 0 Å². The van der Waals surface area contributed by atoms with Crippen LogP contribution in [0.4, 0.5) is 0 Å². The van der Waals surface area contributed by atoms with Gasteiger partial charge in [0.25, 0.3) is 0 Å². The van der Waals surface area contributed by atoms with Crippen LogP contribution in [-0.4, -0.2) is 23.1 Å². The molecule has 0 amide bonds. The summed E-state index contributed by atoms with van der Waals surface area (Å²) in [7, 11) is -9.25. The second-order valence-electron chi connectivity index (χ2n) is 3.44. The number of alkyl halides is 6. The predicted octanol–water partition coefficient (Wildman–Crippen LogP) is 3.76. The molecule has 14 heteroatoms. The Labute approximate surface area is 156 Å². The maximum Gasteiger partial charge on any atom is 0.358 e. The van der Waals surface area contributed by atoms with E-state index in [-0.39, 0.29) is 11.5 Å². The van der Waals surface area contributed by atoms with Crippen molar-refractivity contribution in [1.82, 2.24) is 0 Å². The van der Waals surface area contributed by atoms with Gasteiger partial charge in [-0.05, 0) is 12.1 Å². The summed E-state index contributed by atoms with van der Waals surface area (Å²) in [5.41, 5.74) is 0. The lowest BCUT2D eigenvalue weighted by molar-refractivity contribution is 0.476. The van der Waals surface area contributed by atoms with Gasteiger partial charge in [0.05, 0.1) is 0 Å². The molecule has 1 rings (SSSR count). The first kappa shape index (κ1) is 20.5. The lowest BCUT2D eigenvalue weighted by Gasteiger charge is -2.15. The normalized spacial score (nSPS) is 13.7. The summed E-state index contributed by atoms with van der Waals surface area (Å²) >= 11 is 31.3. The Morgan fingerprint density at radius 1 is 0.727 bits per heavy atom. The van der Waals surface area contributed by atoms with E-state index in [2.05, 4.69) is 8.37 Å². The monoisotopic (exact) mass is 470 g/mol. The topological polar surface area (TPSA) is 86.7 Å². The Morgan fingerprint density at radius 3 is 1.32 bits per heavy atom. The van der Waals surface area contributed by atoms with Gasteiger partial charge in [0.15, 0.2) is 0 Å². The third-order valence-corrected chi connectivity index (χ3v) is 7.14. The van der Waals surface area contributed by atoms with E-state index in [0.717, 1.165) is 18.2 Å². The highest BCUT2D eigenvalue weighted by molar-refractivity contribution is 7.93. The largest absolute Gasteiger partial charge is 0.379 e. The molecule has 0 heterocycles. The average Bonchev–Trinajstić information content (AvgIpc) is 2.24.